The number of rotatable bonds is 14. The summed E-state index contributed by atoms with van der Waals surface area (Å²) < 4.78 is 4.79. The highest BCUT2D eigenvalue weighted by Crippen LogP contribution is 2.09. The van der Waals surface area contributed by atoms with Crippen LogP contribution in [-0.2, 0) is 14.3 Å². The van der Waals surface area contributed by atoms with Crippen LogP contribution in [0.4, 0.5) is 0 Å². The largest absolute Gasteiger partial charge is 0.464 e. The zero-order valence-corrected chi connectivity index (χ0v) is 13.7. The molecule has 0 aliphatic carbocycles. The molecule has 0 unspecified atom stereocenters. The highest BCUT2D eigenvalue weighted by Gasteiger charge is 2.05. The maximum atomic E-state index is 11.7. The van der Waals surface area contributed by atoms with E-state index < -0.39 is 0 Å². The lowest BCUT2D eigenvalue weighted by Crippen LogP contribution is -2.36. The van der Waals surface area contributed by atoms with Gasteiger partial charge in [-0.2, -0.15) is 0 Å². The molecule has 0 spiro atoms. The smallest absolute Gasteiger partial charge is 0.302 e. The van der Waals surface area contributed by atoms with Crippen LogP contribution < -0.4 is 5.84 Å². The van der Waals surface area contributed by atoms with Crippen LogP contribution in [0.25, 0.3) is 0 Å². The Morgan fingerprint density at radius 3 is 2.19 bits per heavy atom. The first-order valence-electron chi connectivity index (χ1n) is 8.21. The Kier molecular flexibility index (Phi) is 13.4. The van der Waals surface area contributed by atoms with E-state index in [1.165, 1.54) is 44.0 Å². The molecule has 0 fully saturated rings. The Bertz CT molecular complexity index is 283. The Morgan fingerprint density at radius 2 is 1.57 bits per heavy atom. The maximum absolute atomic E-state index is 11.7. The van der Waals surface area contributed by atoms with Crippen molar-refractivity contribution in [2.45, 2.75) is 71.6 Å². The van der Waals surface area contributed by atoms with Crippen LogP contribution in [0.2, 0.25) is 0 Å². The van der Waals surface area contributed by atoms with Crippen LogP contribution in [0, 0.1) is 0 Å². The lowest BCUT2D eigenvalue weighted by Gasteiger charge is -2.15. The number of nitrogens with two attached hydrogens (primary N) is 1. The Morgan fingerprint density at radius 1 is 0.952 bits per heavy atom. The van der Waals surface area contributed by atoms with E-state index in [0.717, 1.165) is 12.8 Å². The molecular formula is C16H32N2O3. The lowest BCUT2D eigenvalue weighted by atomic mass is 10.1. The van der Waals surface area contributed by atoms with E-state index in [2.05, 4.69) is 6.92 Å². The number of carbonyl (C=O) groups excluding carboxylic acids is 2. The van der Waals surface area contributed by atoms with Crippen LogP contribution in [0.5, 0.6) is 0 Å². The van der Waals surface area contributed by atoms with Crippen molar-refractivity contribution in [3.63, 3.8) is 0 Å². The topological polar surface area (TPSA) is 72.6 Å². The molecule has 21 heavy (non-hydrogen) atoms. The van der Waals surface area contributed by atoms with Crippen molar-refractivity contribution in [1.29, 1.82) is 0 Å². The number of Topliss-reactive ketones (excluding diaryl/α,β-unsaturated/α-hetero) is 1. The molecule has 124 valence electrons. The Balaban J connectivity index is 3.38. The first-order chi connectivity index (χ1) is 10.1. The van der Waals surface area contributed by atoms with E-state index in [0.29, 0.717) is 25.9 Å². The summed E-state index contributed by atoms with van der Waals surface area (Å²) >= 11 is 0. The van der Waals surface area contributed by atoms with Gasteiger partial charge in [0, 0.05) is 32.9 Å². The van der Waals surface area contributed by atoms with Crippen LogP contribution in [0.1, 0.15) is 71.6 Å². The molecule has 0 radical (unpaired) electrons. The molecule has 0 aliphatic rings. The molecule has 5 heteroatoms. The summed E-state index contributed by atoms with van der Waals surface area (Å²) in [6.07, 6.45) is 9.70. The van der Waals surface area contributed by atoms with Gasteiger partial charge < -0.3 is 4.74 Å². The number of hydrazine groups is 1. The molecule has 0 amide bonds. The van der Waals surface area contributed by atoms with Crippen LogP contribution in [0.15, 0.2) is 0 Å². The third kappa shape index (κ3) is 15.3. The van der Waals surface area contributed by atoms with Crippen LogP contribution >= 0.6 is 0 Å². The SMILES string of the molecule is CCCCCCCCCC(=O)CCN(N)CCOC(C)=O. The minimum Gasteiger partial charge on any atom is -0.464 e. The highest BCUT2D eigenvalue weighted by molar-refractivity contribution is 5.78. The first-order valence-corrected chi connectivity index (χ1v) is 8.21. The van der Waals surface area contributed by atoms with Crippen LogP contribution in [-0.4, -0.2) is 36.5 Å². The summed E-state index contributed by atoms with van der Waals surface area (Å²) in [5, 5.41) is 1.53. The van der Waals surface area contributed by atoms with Gasteiger partial charge in [-0.25, -0.2) is 5.01 Å². The molecular weight excluding hydrogens is 268 g/mol. The Hall–Kier alpha value is -0.940. The van der Waals surface area contributed by atoms with E-state index in [1.807, 2.05) is 0 Å². The second-order valence-electron chi connectivity index (χ2n) is 5.54. The second kappa shape index (κ2) is 14.0. The minimum absolute atomic E-state index is 0.270. The summed E-state index contributed by atoms with van der Waals surface area (Å²) in [7, 11) is 0. The molecule has 0 aromatic heterocycles. The van der Waals surface area contributed by atoms with Gasteiger partial charge >= 0.3 is 5.97 Å². The normalized spacial score (nSPS) is 10.9. The standard InChI is InChI=1S/C16H32N2O3/c1-3-4-5-6-7-8-9-10-16(20)11-12-18(17)13-14-21-15(2)19/h3-14,17H2,1-2H3. The van der Waals surface area contributed by atoms with Crippen LogP contribution in [0.3, 0.4) is 0 Å². The number of hydrogen-bond donors (Lipinski definition) is 1. The van der Waals surface area contributed by atoms with E-state index in [4.69, 9.17) is 10.6 Å². The van der Waals surface area contributed by atoms with Gasteiger partial charge in [-0.3, -0.25) is 15.4 Å². The average Bonchev–Trinajstić information content (AvgIpc) is 2.43. The van der Waals surface area contributed by atoms with Crippen molar-refractivity contribution < 1.29 is 14.3 Å². The molecule has 0 heterocycles. The number of ether oxygens (including phenoxy) is 1. The zero-order valence-electron chi connectivity index (χ0n) is 13.7. The molecule has 0 aromatic rings. The first kappa shape index (κ1) is 20.1. The lowest BCUT2D eigenvalue weighted by molar-refractivity contribution is -0.141. The zero-order chi connectivity index (χ0) is 15.9. The number of hydrogen-bond acceptors (Lipinski definition) is 5. The van der Waals surface area contributed by atoms with Crippen molar-refractivity contribution in [1.82, 2.24) is 5.01 Å². The molecule has 0 rings (SSSR count). The fourth-order valence-electron chi connectivity index (χ4n) is 2.09. The van der Waals surface area contributed by atoms with Gasteiger partial charge in [-0.15, -0.1) is 0 Å². The predicted molar refractivity (Wildman–Crippen MR) is 84.6 cm³/mol. The Labute approximate surface area is 129 Å². The van der Waals surface area contributed by atoms with Gasteiger partial charge in [-0.1, -0.05) is 45.4 Å². The predicted octanol–water partition coefficient (Wildman–Crippen LogP) is 2.83. The summed E-state index contributed by atoms with van der Waals surface area (Å²) in [6, 6.07) is 0. The van der Waals surface area contributed by atoms with Gasteiger partial charge in [0.1, 0.15) is 12.4 Å². The van der Waals surface area contributed by atoms with Crippen molar-refractivity contribution in [2.75, 3.05) is 19.7 Å². The number of unbranched alkanes of at least 4 members (excludes halogenated alkanes) is 6. The molecule has 2 N–H and O–H groups in total. The van der Waals surface area contributed by atoms with Crippen molar-refractivity contribution in [2.24, 2.45) is 5.84 Å². The van der Waals surface area contributed by atoms with Crippen molar-refractivity contribution in [3.8, 4) is 0 Å². The minimum atomic E-state index is -0.307. The monoisotopic (exact) mass is 300 g/mol. The molecule has 0 aromatic carbocycles. The fourth-order valence-corrected chi connectivity index (χ4v) is 2.09. The molecule has 0 bridgehead atoms. The van der Waals surface area contributed by atoms with Gasteiger partial charge in [0.2, 0.25) is 0 Å². The van der Waals surface area contributed by atoms with Crippen molar-refractivity contribution in [3.05, 3.63) is 0 Å². The number of ketones is 1. The average molecular weight is 300 g/mol. The summed E-state index contributed by atoms with van der Waals surface area (Å²) in [4.78, 5) is 22.3. The maximum Gasteiger partial charge on any atom is 0.302 e. The summed E-state index contributed by atoms with van der Waals surface area (Å²) in [6.45, 7) is 4.84. The fraction of sp³-hybridized carbons (Fsp3) is 0.875. The van der Waals surface area contributed by atoms with E-state index >= 15 is 0 Å². The van der Waals surface area contributed by atoms with Gasteiger partial charge in [-0.05, 0) is 6.42 Å². The molecule has 0 saturated heterocycles. The summed E-state index contributed by atoms with van der Waals surface area (Å²) in [5.41, 5.74) is 0. The third-order valence-corrected chi connectivity index (χ3v) is 3.42. The third-order valence-electron chi connectivity index (χ3n) is 3.42. The van der Waals surface area contributed by atoms with E-state index in [1.54, 1.807) is 0 Å². The molecule has 0 atom stereocenters. The van der Waals surface area contributed by atoms with E-state index in [9.17, 15) is 9.59 Å². The molecule has 0 aliphatic heterocycles. The summed E-state index contributed by atoms with van der Waals surface area (Å²) in [5.74, 6) is 5.68. The quantitative estimate of drug-likeness (QED) is 0.231. The highest BCUT2D eigenvalue weighted by atomic mass is 16.5. The number of esters is 1. The van der Waals surface area contributed by atoms with E-state index in [-0.39, 0.29) is 18.4 Å². The molecule has 0 saturated carbocycles. The van der Waals surface area contributed by atoms with Gasteiger partial charge in [0.05, 0.1) is 0 Å². The van der Waals surface area contributed by atoms with Gasteiger partial charge in [0.15, 0.2) is 0 Å². The number of nitrogens with zero attached hydrogens (tertiary/aromatic N) is 1. The van der Waals surface area contributed by atoms with Gasteiger partial charge in [0.25, 0.3) is 0 Å². The second-order valence-corrected chi connectivity index (χ2v) is 5.54. The van der Waals surface area contributed by atoms with Crippen molar-refractivity contribution >= 4 is 11.8 Å². The number of carbonyl (C=O) groups is 2. The molecule has 5 nitrogen and oxygen atoms in total.